The predicted molar refractivity (Wildman–Crippen MR) is 140 cm³/mol. The SMILES string of the molecule is CC(=O)OC1CCC2(C)C3CCC4(C)C5C(C)CCC5(C(C)C)CCC4(C)C3=CCC2C1(C)C. The number of carbonyl (C=O) groups excluding carboxylic acids is 1. The maximum absolute atomic E-state index is 11.9. The Kier molecular flexibility index (Phi) is 5.57. The van der Waals surface area contributed by atoms with Crippen molar-refractivity contribution in [2.75, 3.05) is 0 Å². The Morgan fingerprint density at radius 1 is 0.971 bits per heavy atom. The quantitative estimate of drug-likeness (QED) is 0.299. The van der Waals surface area contributed by atoms with E-state index in [-0.39, 0.29) is 17.5 Å². The minimum atomic E-state index is -0.115. The molecule has 2 heteroatoms. The highest BCUT2D eigenvalue weighted by Crippen LogP contribution is 2.77. The van der Waals surface area contributed by atoms with E-state index in [1.807, 2.05) is 5.57 Å². The number of fused-ring (bicyclic) bond motifs is 7. The van der Waals surface area contributed by atoms with E-state index in [1.54, 1.807) is 6.92 Å². The third-order valence-electron chi connectivity index (χ3n) is 13.6. The van der Waals surface area contributed by atoms with Crippen molar-refractivity contribution >= 4 is 5.97 Å². The van der Waals surface area contributed by atoms with Gasteiger partial charge in [0.05, 0.1) is 0 Å². The summed E-state index contributed by atoms with van der Waals surface area (Å²) >= 11 is 0. The molecule has 0 aromatic carbocycles. The molecule has 0 bridgehead atoms. The van der Waals surface area contributed by atoms with Crippen LogP contribution in [0, 0.1) is 56.7 Å². The van der Waals surface area contributed by atoms with Crippen LogP contribution in [0.25, 0.3) is 0 Å². The van der Waals surface area contributed by atoms with Crippen molar-refractivity contribution in [2.45, 2.75) is 126 Å². The zero-order valence-electron chi connectivity index (χ0n) is 23.7. The summed E-state index contributed by atoms with van der Waals surface area (Å²) in [6, 6.07) is 0. The Bertz CT molecular complexity index is 883. The molecular weight excluding hydrogens is 416 g/mol. The molecule has 9 atom stereocenters. The van der Waals surface area contributed by atoms with Gasteiger partial charge >= 0.3 is 5.97 Å². The van der Waals surface area contributed by atoms with Gasteiger partial charge in [0, 0.05) is 12.3 Å². The highest BCUT2D eigenvalue weighted by Gasteiger charge is 2.69. The summed E-state index contributed by atoms with van der Waals surface area (Å²) in [6.45, 7) is 22.0. The van der Waals surface area contributed by atoms with Gasteiger partial charge < -0.3 is 4.74 Å². The molecule has 5 aliphatic carbocycles. The van der Waals surface area contributed by atoms with Crippen LogP contribution in [0.4, 0.5) is 0 Å². The van der Waals surface area contributed by atoms with Gasteiger partial charge in [-0.2, -0.15) is 0 Å². The van der Waals surface area contributed by atoms with Crippen LogP contribution in [0.2, 0.25) is 0 Å². The van der Waals surface area contributed by atoms with E-state index < -0.39 is 0 Å². The number of carbonyl (C=O) groups is 1. The molecule has 192 valence electrons. The molecule has 0 aliphatic heterocycles. The van der Waals surface area contributed by atoms with E-state index in [0.29, 0.717) is 33.5 Å². The summed E-state index contributed by atoms with van der Waals surface area (Å²) in [5.41, 5.74) is 3.51. The lowest BCUT2D eigenvalue weighted by Crippen LogP contribution is -2.63. The molecule has 0 radical (unpaired) electrons. The first-order valence-corrected chi connectivity index (χ1v) is 14.6. The highest BCUT2D eigenvalue weighted by molar-refractivity contribution is 5.66. The number of hydrogen-bond donors (Lipinski definition) is 0. The molecule has 0 aromatic rings. The summed E-state index contributed by atoms with van der Waals surface area (Å²) in [5, 5.41) is 0. The Hall–Kier alpha value is -0.790. The molecule has 0 heterocycles. The fourth-order valence-corrected chi connectivity index (χ4v) is 11.6. The zero-order chi connectivity index (χ0) is 24.9. The van der Waals surface area contributed by atoms with Crippen LogP contribution in [-0.4, -0.2) is 12.1 Å². The number of ether oxygens (including phenoxy) is 1. The van der Waals surface area contributed by atoms with Gasteiger partial charge in [0.25, 0.3) is 0 Å². The van der Waals surface area contributed by atoms with Gasteiger partial charge in [-0.3, -0.25) is 4.79 Å². The maximum atomic E-state index is 11.9. The lowest BCUT2D eigenvalue weighted by Gasteiger charge is -2.70. The third kappa shape index (κ3) is 2.95. The molecule has 4 fully saturated rings. The van der Waals surface area contributed by atoms with E-state index in [9.17, 15) is 4.79 Å². The molecule has 0 saturated heterocycles. The zero-order valence-corrected chi connectivity index (χ0v) is 23.7. The molecule has 0 N–H and O–H groups in total. The summed E-state index contributed by atoms with van der Waals surface area (Å²) in [6.07, 6.45) is 14.6. The number of allylic oxidation sites excluding steroid dienone is 2. The van der Waals surface area contributed by atoms with Crippen molar-refractivity contribution in [3.8, 4) is 0 Å². The number of esters is 1. The van der Waals surface area contributed by atoms with Crippen LogP contribution in [0.5, 0.6) is 0 Å². The van der Waals surface area contributed by atoms with Crippen molar-refractivity contribution in [1.82, 2.24) is 0 Å². The van der Waals surface area contributed by atoms with Crippen molar-refractivity contribution < 1.29 is 9.53 Å². The van der Waals surface area contributed by atoms with Crippen LogP contribution >= 0.6 is 0 Å². The molecule has 4 saturated carbocycles. The molecule has 0 aromatic heterocycles. The number of hydrogen-bond acceptors (Lipinski definition) is 2. The summed E-state index contributed by atoms with van der Waals surface area (Å²) in [7, 11) is 0. The van der Waals surface area contributed by atoms with Gasteiger partial charge in [0.15, 0.2) is 0 Å². The van der Waals surface area contributed by atoms with Crippen molar-refractivity contribution in [3.63, 3.8) is 0 Å². The fourth-order valence-electron chi connectivity index (χ4n) is 11.6. The van der Waals surface area contributed by atoms with Crippen molar-refractivity contribution in [2.24, 2.45) is 56.7 Å². The second-order valence-corrected chi connectivity index (χ2v) is 15.1. The van der Waals surface area contributed by atoms with E-state index in [4.69, 9.17) is 4.74 Å². The Balaban J connectivity index is 1.54. The second kappa shape index (κ2) is 7.61. The normalized spacial score (nSPS) is 51.6. The number of rotatable bonds is 2. The van der Waals surface area contributed by atoms with Crippen molar-refractivity contribution in [1.29, 1.82) is 0 Å². The smallest absolute Gasteiger partial charge is 0.302 e. The lowest BCUT2D eigenvalue weighted by atomic mass is 9.35. The first-order valence-electron chi connectivity index (χ1n) is 14.6. The molecule has 2 nitrogen and oxygen atoms in total. The molecule has 5 aliphatic rings. The Morgan fingerprint density at radius 3 is 2.32 bits per heavy atom. The first kappa shape index (κ1) is 24.9. The highest BCUT2D eigenvalue weighted by atomic mass is 16.5. The van der Waals surface area contributed by atoms with E-state index in [0.717, 1.165) is 30.6 Å². The van der Waals surface area contributed by atoms with Crippen LogP contribution < -0.4 is 0 Å². The minimum Gasteiger partial charge on any atom is -0.462 e. The summed E-state index contributed by atoms with van der Waals surface area (Å²) in [4.78, 5) is 11.9. The largest absolute Gasteiger partial charge is 0.462 e. The van der Waals surface area contributed by atoms with Crippen LogP contribution in [0.1, 0.15) is 120 Å². The van der Waals surface area contributed by atoms with Gasteiger partial charge in [-0.25, -0.2) is 0 Å². The van der Waals surface area contributed by atoms with Crippen LogP contribution in [0.15, 0.2) is 11.6 Å². The van der Waals surface area contributed by atoms with Gasteiger partial charge in [0.2, 0.25) is 0 Å². The lowest BCUT2D eigenvalue weighted by molar-refractivity contribution is -0.184. The third-order valence-corrected chi connectivity index (χ3v) is 13.6. The van der Waals surface area contributed by atoms with Gasteiger partial charge in [-0.05, 0) is 109 Å². The second-order valence-electron chi connectivity index (χ2n) is 15.1. The van der Waals surface area contributed by atoms with E-state index in [1.165, 1.54) is 44.9 Å². The van der Waals surface area contributed by atoms with Crippen LogP contribution in [-0.2, 0) is 9.53 Å². The Morgan fingerprint density at radius 2 is 1.68 bits per heavy atom. The fraction of sp³-hybridized carbons (Fsp3) is 0.906. The maximum Gasteiger partial charge on any atom is 0.302 e. The minimum absolute atomic E-state index is 0.0294. The monoisotopic (exact) mass is 468 g/mol. The summed E-state index contributed by atoms with van der Waals surface area (Å²) in [5.74, 6) is 3.68. The average molecular weight is 469 g/mol. The molecule has 0 spiro atoms. The van der Waals surface area contributed by atoms with E-state index in [2.05, 4.69) is 61.5 Å². The molecular formula is C32H52O2. The van der Waals surface area contributed by atoms with Crippen molar-refractivity contribution in [3.05, 3.63) is 11.6 Å². The predicted octanol–water partition coefficient (Wildman–Crippen LogP) is 8.60. The van der Waals surface area contributed by atoms with Gasteiger partial charge in [0.1, 0.15) is 6.10 Å². The van der Waals surface area contributed by atoms with Crippen LogP contribution in [0.3, 0.4) is 0 Å². The molecule has 5 rings (SSSR count). The molecule has 9 unspecified atom stereocenters. The molecule has 0 amide bonds. The first-order chi connectivity index (χ1) is 15.7. The van der Waals surface area contributed by atoms with Gasteiger partial charge in [-0.1, -0.05) is 67.0 Å². The van der Waals surface area contributed by atoms with E-state index >= 15 is 0 Å². The molecule has 34 heavy (non-hydrogen) atoms. The standard InChI is InChI=1S/C32H52O2/c1-20(2)32-17-12-21(3)27(32)31(9)16-13-23-24(30(31,8)18-19-32)10-11-25-28(5,6)26(34-22(4)33)14-15-29(23,25)7/h10,20-21,23,25-27H,11-19H2,1-9H3. The average Bonchev–Trinajstić information content (AvgIpc) is 3.10. The summed E-state index contributed by atoms with van der Waals surface area (Å²) < 4.78 is 5.89. The van der Waals surface area contributed by atoms with Gasteiger partial charge in [-0.15, -0.1) is 0 Å². The Labute approximate surface area is 210 Å². The topological polar surface area (TPSA) is 26.3 Å².